The lowest BCUT2D eigenvalue weighted by atomic mass is 9.79. The summed E-state index contributed by atoms with van der Waals surface area (Å²) in [7, 11) is -15.8. The van der Waals surface area contributed by atoms with Crippen molar-refractivity contribution >= 4 is 23.5 Å². The maximum Gasteiger partial charge on any atom is 0.470 e. The van der Waals surface area contributed by atoms with Crippen LogP contribution in [0.4, 0.5) is 0 Å². The molecular formula is C10H23O15P3. The average molecular weight is 476 g/mol. The third-order valence-corrected chi connectivity index (χ3v) is 5.30. The van der Waals surface area contributed by atoms with Crippen molar-refractivity contribution in [1.82, 2.24) is 0 Å². The highest BCUT2D eigenvalue weighted by Gasteiger charge is 2.57. The van der Waals surface area contributed by atoms with Gasteiger partial charge in [-0.1, -0.05) is 13.8 Å². The highest BCUT2D eigenvalue weighted by Crippen LogP contribution is 2.51. The van der Waals surface area contributed by atoms with Crippen molar-refractivity contribution in [3.8, 4) is 0 Å². The Morgan fingerprint density at radius 2 is 1.11 bits per heavy atom. The summed E-state index contributed by atoms with van der Waals surface area (Å²) in [5.41, 5.74) is 0. The van der Waals surface area contributed by atoms with Gasteiger partial charge >= 0.3 is 23.5 Å². The molecule has 3 unspecified atom stereocenters. The van der Waals surface area contributed by atoms with Crippen LogP contribution in [0.5, 0.6) is 0 Å². The van der Waals surface area contributed by atoms with Gasteiger partial charge < -0.3 is 34.1 Å². The van der Waals surface area contributed by atoms with E-state index in [4.69, 9.17) is 34.1 Å². The molecule has 168 valence electrons. The maximum absolute atomic E-state index is 11.3. The Morgan fingerprint density at radius 3 is 1.46 bits per heavy atom. The van der Waals surface area contributed by atoms with Gasteiger partial charge in [0.15, 0.2) is 0 Å². The van der Waals surface area contributed by atoms with E-state index in [-0.39, 0.29) is 6.61 Å². The van der Waals surface area contributed by atoms with Crippen LogP contribution in [0, 0.1) is 5.92 Å². The van der Waals surface area contributed by atoms with Crippen LogP contribution in [0.15, 0.2) is 0 Å². The molecule has 1 fully saturated rings. The molecule has 0 spiro atoms. The van der Waals surface area contributed by atoms with E-state index < -0.39 is 59.9 Å². The van der Waals surface area contributed by atoms with Crippen molar-refractivity contribution in [2.45, 2.75) is 50.8 Å². The largest absolute Gasteiger partial charge is 0.470 e. The zero-order valence-electron chi connectivity index (χ0n) is 14.6. The molecule has 0 radical (unpaired) electrons. The fourth-order valence-electron chi connectivity index (χ4n) is 2.82. The first-order valence-electron chi connectivity index (χ1n) is 7.73. The number of hydrogen-bond acceptors (Lipinski definition) is 9. The van der Waals surface area contributed by atoms with E-state index in [2.05, 4.69) is 18.5 Å². The molecular weight excluding hydrogens is 453 g/mol. The summed E-state index contributed by atoms with van der Waals surface area (Å²) in [6.07, 6.45) is -8.66. The molecule has 18 heteroatoms. The van der Waals surface area contributed by atoms with Gasteiger partial charge in [-0.05, 0) is 6.42 Å². The van der Waals surface area contributed by atoms with Gasteiger partial charge in [-0.3, -0.25) is 18.8 Å². The lowest BCUT2D eigenvalue weighted by molar-refractivity contribution is -0.343. The predicted octanol–water partition coefficient (Wildman–Crippen LogP) is -0.277. The summed E-state index contributed by atoms with van der Waals surface area (Å²) >= 11 is 0. The minimum atomic E-state index is -5.28. The van der Waals surface area contributed by atoms with Gasteiger partial charge in [0.05, 0.1) is 0 Å². The van der Waals surface area contributed by atoms with Crippen molar-refractivity contribution in [2.75, 3.05) is 6.61 Å². The molecule has 1 aliphatic rings. The molecule has 0 aliphatic heterocycles. The molecule has 0 saturated heterocycles. The third kappa shape index (κ3) is 8.15. The zero-order chi connectivity index (χ0) is 21.9. The Hall–Kier alpha value is 0.210. The zero-order valence-corrected chi connectivity index (χ0v) is 17.3. The summed E-state index contributed by atoms with van der Waals surface area (Å²) in [5.74, 6) is -1.41. The van der Waals surface area contributed by atoms with Crippen LogP contribution in [0.2, 0.25) is 0 Å². The van der Waals surface area contributed by atoms with Crippen LogP contribution >= 0.6 is 23.5 Å². The number of phosphoric ester groups is 3. The molecule has 1 aliphatic carbocycles. The monoisotopic (exact) mass is 476 g/mol. The Kier molecular flexibility index (Phi) is 9.38. The van der Waals surface area contributed by atoms with Gasteiger partial charge in [-0.2, -0.15) is 0 Å². The molecule has 0 heterocycles. The van der Waals surface area contributed by atoms with E-state index in [1.54, 1.807) is 6.92 Å². The number of ether oxygens (including phenoxy) is 1. The van der Waals surface area contributed by atoms with E-state index in [0.29, 0.717) is 6.42 Å². The average Bonchev–Trinajstić information content (AvgIpc) is 2.48. The van der Waals surface area contributed by atoms with Crippen molar-refractivity contribution < 1.29 is 71.5 Å². The first-order valence-corrected chi connectivity index (χ1v) is 12.3. The molecule has 0 aromatic rings. The molecule has 6 atom stereocenters. The van der Waals surface area contributed by atoms with Gasteiger partial charge in [-0.25, -0.2) is 18.6 Å². The minimum absolute atomic E-state index is 0.106. The topological polar surface area (TPSA) is 239 Å². The van der Waals surface area contributed by atoms with Gasteiger partial charge in [-0.15, -0.1) is 0 Å². The second-order valence-electron chi connectivity index (χ2n) is 5.95. The third-order valence-electron chi connectivity index (χ3n) is 3.74. The summed E-state index contributed by atoms with van der Waals surface area (Å²) in [6.45, 7) is 2.66. The van der Waals surface area contributed by atoms with Crippen molar-refractivity contribution in [3.05, 3.63) is 0 Å². The van der Waals surface area contributed by atoms with E-state index in [1.165, 1.54) is 0 Å². The lowest BCUT2D eigenvalue weighted by Crippen LogP contribution is -2.63. The fraction of sp³-hybridized carbons (Fsp3) is 1.00. The van der Waals surface area contributed by atoms with Crippen LogP contribution in [0.3, 0.4) is 0 Å². The van der Waals surface area contributed by atoms with Gasteiger partial charge in [0.25, 0.3) is 0 Å². The second kappa shape index (κ2) is 10.0. The number of phosphoric acid groups is 3. The molecule has 15 nitrogen and oxygen atoms in total. The predicted molar refractivity (Wildman–Crippen MR) is 87.4 cm³/mol. The van der Waals surface area contributed by atoms with E-state index in [0.717, 1.165) is 6.92 Å². The highest BCUT2D eigenvalue weighted by molar-refractivity contribution is 7.46. The van der Waals surface area contributed by atoms with Gasteiger partial charge in [0, 0.05) is 12.5 Å². The first kappa shape index (κ1) is 26.2. The van der Waals surface area contributed by atoms with Crippen LogP contribution < -0.4 is 0 Å². The van der Waals surface area contributed by atoms with Crippen LogP contribution in [0.1, 0.15) is 20.3 Å². The van der Waals surface area contributed by atoms with Crippen molar-refractivity contribution in [1.29, 1.82) is 0 Å². The maximum atomic E-state index is 11.3. The molecule has 0 bridgehead atoms. The fourth-order valence-corrected chi connectivity index (χ4v) is 4.63. The molecule has 7 N–H and O–H groups in total. The first-order chi connectivity index (χ1) is 12.6. The Bertz CT molecular complexity index is 638. The normalized spacial score (nSPS) is 32.5. The van der Waals surface area contributed by atoms with Crippen molar-refractivity contribution in [2.24, 2.45) is 5.92 Å². The van der Waals surface area contributed by atoms with E-state index >= 15 is 0 Å². The summed E-state index contributed by atoms with van der Waals surface area (Å²) in [5, 5.41) is 9.22. The van der Waals surface area contributed by atoms with Gasteiger partial charge in [0.2, 0.25) is 0 Å². The summed E-state index contributed by atoms with van der Waals surface area (Å²) in [4.78, 5) is 58.9. The van der Waals surface area contributed by atoms with E-state index in [1.807, 2.05) is 0 Å². The van der Waals surface area contributed by atoms with E-state index in [9.17, 15) is 19.0 Å². The molecule has 0 aromatic heterocycles. The molecule has 0 aromatic carbocycles. The second-order valence-corrected chi connectivity index (χ2v) is 9.52. The Morgan fingerprint density at radius 1 is 0.714 bits per heavy atom. The minimum Gasteiger partial charge on any atom is -0.372 e. The quantitative estimate of drug-likeness (QED) is 0.122. The molecule has 28 heavy (non-hydrogen) atoms. The van der Waals surface area contributed by atoms with Crippen LogP contribution in [-0.2, 0) is 36.9 Å². The van der Waals surface area contributed by atoms with Crippen molar-refractivity contribution in [3.63, 3.8) is 0 Å². The van der Waals surface area contributed by atoms with Crippen LogP contribution in [0.25, 0.3) is 0 Å². The lowest BCUT2D eigenvalue weighted by Gasteiger charge is -2.47. The summed E-state index contributed by atoms with van der Waals surface area (Å²) < 4.78 is 52.9. The Balaban J connectivity index is 3.45. The molecule has 0 amide bonds. The van der Waals surface area contributed by atoms with Crippen LogP contribution in [-0.4, -0.2) is 71.7 Å². The standard InChI is InChI=1S/C10H23O15P3/c1-3-4-21-8-9(22-11)6(23-26(12,13)14)5(2)7(24-27(15,16)17)10(8)25-28(18,19)20/h5-11H,3-4H2,1-2H3,(H2,12,13,14)(H2,15,16,17)(H2,18,19,20)/t5-,6?,7?,8+,9+,10?/m0/s1. The molecule has 1 saturated carbocycles. The summed E-state index contributed by atoms with van der Waals surface area (Å²) in [6, 6.07) is 0. The number of hydrogen-bond donors (Lipinski definition) is 7. The highest BCUT2D eigenvalue weighted by atomic mass is 31.2. The Labute approximate surface area is 159 Å². The SMILES string of the molecule is CCCO[C@H]1C(OP(=O)(O)O)C(OP(=O)(O)O)[C@@H](C)C(OP(=O)(O)O)[C@H]1OO. The number of rotatable bonds is 10. The smallest absolute Gasteiger partial charge is 0.372 e. The molecule has 1 rings (SSSR count). The van der Waals surface area contributed by atoms with Gasteiger partial charge in [0.1, 0.15) is 30.5 Å².